The molecule has 0 saturated heterocycles. The zero-order valence-electron chi connectivity index (χ0n) is 14.2. The standard InChI is InChI=1S/C20H14N4O3/c21-9-10-24-18(23-17-8-4-2-6-14(17)19(24)25)12-27-20(26)15-11-22-16-7-3-1-5-13(15)16/h1-8,11,22H,10,12H2. The van der Waals surface area contributed by atoms with Gasteiger partial charge in [0, 0.05) is 17.1 Å². The molecule has 2 heterocycles. The molecule has 0 amide bonds. The maximum atomic E-state index is 12.6. The number of nitrogens with zero attached hydrogens (tertiary/aromatic N) is 3. The van der Waals surface area contributed by atoms with Crippen LogP contribution in [0.1, 0.15) is 16.2 Å². The number of hydrogen-bond acceptors (Lipinski definition) is 5. The third-order valence-corrected chi connectivity index (χ3v) is 4.31. The molecular weight excluding hydrogens is 344 g/mol. The van der Waals surface area contributed by atoms with Gasteiger partial charge in [0.1, 0.15) is 13.2 Å². The monoisotopic (exact) mass is 358 g/mol. The van der Waals surface area contributed by atoms with Crippen molar-refractivity contribution in [2.24, 2.45) is 0 Å². The molecule has 0 spiro atoms. The normalized spacial score (nSPS) is 10.8. The predicted molar refractivity (Wildman–Crippen MR) is 99.0 cm³/mol. The van der Waals surface area contributed by atoms with Crippen LogP contribution >= 0.6 is 0 Å². The Bertz CT molecular complexity index is 1260. The molecule has 27 heavy (non-hydrogen) atoms. The molecule has 1 N–H and O–H groups in total. The van der Waals surface area contributed by atoms with Gasteiger partial charge in [-0.15, -0.1) is 0 Å². The second-order valence-electron chi connectivity index (χ2n) is 5.92. The van der Waals surface area contributed by atoms with E-state index in [1.54, 1.807) is 30.5 Å². The van der Waals surface area contributed by atoms with Gasteiger partial charge in [0.25, 0.3) is 5.56 Å². The van der Waals surface area contributed by atoms with Gasteiger partial charge in [0.05, 0.1) is 22.5 Å². The molecule has 0 aliphatic rings. The van der Waals surface area contributed by atoms with Gasteiger partial charge in [0.15, 0.2) is 5.82 Å². The number of nitriles is 1. The van der Waals surface area contributed by atoms with Gasteiger partial charge in [-0.3, -0.25) is 9.36 Å². The highest BCUT2D eigenvalue weighted by atomic mass is 16.5. The largest absolute Gasteiger partial charge is 0.454 e. The minimum atomic E-state index is -0.529. The number of carbonyl (C=O) groups is 1. The molecule has 0 aliphatic carbocycles. The number of carbonyl (C=O) groups excluding carboxylic acids is 1. The van der Waals surface area contributed by atoms with Crippen molar-refractivity contribution in [1.29, 1.82) is 5.26 Å². The highest BCUT2D eigenvalue weighted by molar-refractivity contribution is 6.03. The molecule has 7 nitrogen and oxygen atoms in total. The first-order chi connectivity index (χ1) is 13.2. The van der Waals surface area contributed by atoms with Crippen LogP contribution in [0.2, 0.25) is 0 Å². The van der Waals surface area contributed by atoms with Gasteiger partial charge in [0.2, 0.25) is 0 Å². The Kier molecular flexibility index (Phi) is 4.15. The molecule has 132 valence electrons. The number of H-pyrrole nitrogens is 1. The smallest absolute Gasteiger partial charge is 0.340 e. The fraction of sp³-hybridized carbons (Fsp3) is 0.100. The fourth-order valence-corrected chi connectivity index (χ4v) is 3.01. The third kappa shape index (κ3) is 2.93. The Morgan fingerprint density at radius 1 is 1.15 bits per heavy atom. The molecule has 2 aromatic carbocycles. The third-order valence-electron chi connectivity index (χ3n) is 4.31. The average Bonchev–Trinajstić information content (AvgIpc) is 3.13. The lowest BCUT2D eigenvalue weighted by molar-refractivity contribution is 0.0459. The maximum absolute atomic E-state index is 12.6. The quantitative estimate of drug-likeness (QED) is 0.565. The van der Waals surface area contributed by atoms with E-state index < -0.39 is 5.97 Å². The SMILES string of the molecule is N#CCn1c(COC(=O)c2c[nH]c3ccccc23)nc2ccccc2c1=O. The maximum Gasteiger partial charge on any atom is 0.340 e. The van der Waals surface area contributed by atoms with Crippen LogP contribution in [-0.2, 0) is 17.9 Å². The Hall–Kier alpha value is -3.92. The van der Waals surface area contributed by atoms with Gasteiger partial charge in [-0.05, 0) is 18.2 Å². The van der Waals surface area contributed by atoms with Crippen LogP contribution in [0.3, 0.4) is 0 Å². The van der Waals surface area contributed by atoms with Crippen LogP contribution < -0.4 is 5.56 Å². The minimum Gasteiger partial charge on any atom is -0.454 e. The van der Waals surface area contributed by atoms with Crippen molar-refractivity contribution in [3.63, 3.8) is 0 Å². The summed E-state index contributed by atoms with van der Waals surface area (Å²) in [5.74, 6) is -0.299. The van der Waals surface area contributed by atoms with Crippen LogP contribution in [-0.4, -0.2) is 20.5 Å². The zero-order chi connectivity index (χ0) is 18.8. The zero-order valence-corrected chi connectivity index (χ0v) is 14.2. The van der Waals surface area contributed by atoms with Gasteiger partial charge in [-0.1, -0.05) is 30.3 Å². The van der Waals surface area contributed by atoms with Crippen LogP contribution in [0, 0.1) is 11.3 Å². The number of aromatic nitrogens is 3. The van der Waals surface area contributed by atoms with Crippen molar-refractivity contribution in [3.05, 3.63) is 76.5 Å². The van der Waals surface area contributed by atoms with E-state index in [1.165, 1.54) is 4.57 Å². The Morgan fingerprint density at radius 2 is 1.89 bits per heavy atom. The van der Waals surface area contributed by atoms with Crippen LogP contribution in [0.15, 0.2) is 59.5 Å². The average molecular weight is 358 g/mol. The molecule has 0 unspecified atom stereocenters. The fourth-order valence-electron chi connectivity index (χ4n) is 3.01. The molecule has 0 atom stereocenters. The van der Waals surface area contributed by atoms with Crippen LogP contribution in [0.4, 0.5) is 0 Å². The predicted octanol–water partition coefficient (Wildman–Crippen LogP) is 2.76. The van der Waals surface area contributed by atoms with E-state index in [1.807, 2.05) is 30.3 Å². The summed E-state index contributed by atoms with van der Waals surface area (Å²) in [5, 5.41) is 10.2. The molecule has 2 aromatic heterocycles. The summed E-state index contributed by atoms with van der Waals surface area (Å²) in [6.07, 6.45) is 1.59. The number of para-hydroxylation sites is 2. The highest BCUT2D eigenvalue weighted by Crippen LogP contribution is 2.19. The lowest BCUT2D eigenvalue weighted by Gasteiger charge is -2.11. The van der Waals surface area contributed by atoms with Crippen molar-refractivity contribution in [2.45, 2.75) is 13.2 Å². The summed E-state index contributed by atoms with van der Waals surface area (Å²) >= 11 is 0. The van der Waals surface area contributed by atoms with E-state index in [9.17, 15) is 9.59 Å². The number of nitrogens with one attached hydrogen (secondary N) is 1. The van der Waals surface area contributed by atoms with E-state index in [-0.39, 0.29) is 24.5 Å². The summed E-state index contributed by atoms with van der Waals surface area (Å²) in [4.78, 5) is 32.5. The topological polar surface area (TPSA) is 101 Å². The first kappa shape index (κ1) is 16.5. The van der Waals surface area contributed by atoms with E-state index in [2.05, 4.69) is 9.97 Å². The summed E-state index contributed by atoms with van der Waals surface area (Å²) in [6.45, 7) is -0.378. The van der Waals surface area contributed by atoms with E-state index in [0.29, 0.717) is 16.5 Å². The second-order valence-corrected chi connectivity index (χ2v) is 5.92. The van der Waals surface area contributed by atoms with Crippen LogP contribution in [0.5, 0.6) is 0 Å². The van der Waals surface area contributed by atoms with Crippen LogP contribution in [0.25, 0.3) is 21.8 Å². The van der Waals surface area contributed by atoms with Crippen molar-refractivity contribution >= 4 is 27.8 Å². The molecule has 0 fully saturated rings. The lowest BCUT2D eigenvalue weighted by Crippen LogP contribution is -2.26. The number of aromatic amines is 1. The number of esters is 1. The van der Waals surface area contributed by atoms with Crippen molar-refractivity contribution < 1.29 is 9.53 Å². The first-order valence-electron chi connectivity index (χ1n) is 8.27. The number of hydrogen-bond donors (Lipinski definition) is 1. The van der Waals surface area contributed by atoms with E-state index in [0.717, 1.165) is 10.9 Å². The molecule has 4 rings (SSSR count). The second kappa shape index (κ2) is 6.77. The molecule has 4 aromatic rings. The number of fused-ring (bicyclic) bond motifs is 2. The van der Waals surface area contributed by atoms with Crippen molar-refractivity contribution in [1.82, 2.24) is 14.5 Å². The van der Waals surface area contributed by atoms with Gasteiger partial charge >= 0.3 is 5.97 Å². The summed E-state index contributed by atoms with van der Waals surface area (Å²) in [6, 6.07) is 16.2. The summed E-state index contributed by atoms with van der Waals surface area (Å²) < 4.78 is 6.61. The molecule has 0 saturated carbocycles. The van der Waals surface area contributed by atoms with Crippen molar-refractivity contribution in [2.75, 3.05) is 0 Å². The van der Waals surface area contributed by atoms with Crippen molar-refractivity contribution in [3.8, 4) is 6.07 Å². The summed E-state index contributed by atoms with van der Waals surface area (Å²) in [5.41, 5.74) is 1.39. The van der Waals surface area contributed by atoms with E-state index >= 15 is 0 Å². The molecule has 7 heteroatoms. The van der Waals surface area contributed by atoms with Gasteiger partial charge in [-0.25, -0.2) is 9.78 Å². The number of rotatable bonds is 4. The van der Waals surface area contributed by atoms with Gasteiger partial charge < -0.3 is 9.72 Å². The number of benzene rings is 2. The first-order valence-corrected chi connectivity index (χ1v) is 8.27. The molecule has 0 bridgehead atoms. The lowest BCUT2D eigenvalue weighted by atomic mass is 10.2. The molecular formula is C20H14N4O3. The Labute approximate surface area is 153 Å². The highest BCUT2D eigenvalue weighted by Gasteiger charge is 2.16. The molecule has 0 radical (unpaired) electrons. The van der Waals surface area contributed by atoms with Gasteiger partial charge in [-0.2, -0.15) is 5.26 Å². The number of ether oxygens (including phenoxy) is 1. The Morgan fingerprint density at radius 3 is 2.70 bits per heavy atom. The Balaban J connectivity index is 1.67. The summed E-state index contributed by atoms with van der Waals surface area (Å²) in [7, 11) is 0. The van der Waals surface area contributed by atoms with E-state index in [4.69, 9.17) is 10.00 Å². The molecule has 0 aliphatic heterocycles. The minimum absolute atomic E-state index is 0.170.